The number of hydrogen-bond acceptors (Lipinski definition) is 4. The van der Waals surface area contributed by atoms with Crippen molar-refractivity contribution in [3.8, 4) is 6.01 Å². The van der Waals surface area contributed by atoms with E-state index in [1.807, 2.05) is 0 Å². The summed E-state index contributed by atoms with van der Waals surface area (Å²) in [5, 5.41) is 11.4. The monoisotopic (exact) mass is 206 g/mol. The molecule has 5 nitrogen and oxygen atoms in total. The topological polar surface area (TPSA) is 52.8 Å². The molecule has 1 aromatic heterocycles. The minimum atomic E-state index is 0.444. The summed E-state index contributed by atoms with van der Waals surface area (Å²) in [5.74, 6) is 0. The fraction of sp³-hybridized carbons (Fsp3) is 0.750. The molecule has 0 saturated heterocycles. The third kappa shape index (κ3) is 1.66. The van der Waals surface area contributed by atoms with E-state index >= 15 is 0 Å². The van der Waals surface area contributed by atoms with Crippen LogP contribution in [-0.2, 0) is 7.05 Å². The standard InChI is InChI=1S/C4H7BrN4O/c1-9-4(6-7-8-9)10-3-2-5/h2-3H2,1H3. The van der Waals surface area contributed by atoms with Gasteiger partial charge in [-0.05, 0) is 10.4 Å². The van der Waals surface area contributed by atoms with Gasteiger partial charge in [0, 0.05) is 12.4 Å². The maximum atomic E-state index is 5.11. The highest BCUT2D eigenvalue weighted by atomic mass is 79.9. The lowest BCUT2D eigenvalue weighted by molar-refractivity contribution is 0.301. The summed E-state index contributed by atoms with van der Waals surface area (Å²) in [6.07, 6.45) is 0. The second-order valence-corrected chi connectivity index (χ2v) is 2.42. The van der Waals surface area contributed by atoms with Crippen LogP contribution in [0.1, 0.15) is 0 Å². The molecule has 0 radical (unpaired) electrons. The maximum Gasteiger partial charge on any atom is 0.335 e. The lowest BCUT2D eigenvalue weighted by Crippen LogP contribution is -2.03. The highest BCUT2D eigenvalue weighted by Crippen LogP contribution is 1.98. The molecule has 0 unspecified atom stereocenters. The lowest BCUT2D eigenvalue weighted by Gasteiger charge is -1.98. The normalized spacial score (nSPS) is 9.80. The Balaban J connectivity index is 2.49. The largest absolute Gasteiger partial charge is 0.462 e. The zero-order valence-corrected chi connectivity index (χ0v) is 7.08. The fourth-order valence-corrected chi connectivity index (χ4v) is 0.635. The molecule has 0 atom stereocenters. The highest BCUT2D eigenvalue weighted by Gasteiger charge is 1.99. The molecule has 6 heteroatoms. The Morgan fingerprint density at radius 3 is 3.00 bits per heavy atom. The molecule has 56 valence electrons. The van der Waals surface area contributed by atoms with Crippen molar-refractivity contribution < 1.29 is 4.74 Å². The van der Waals surface area contributed by atoms with Crippen LogP contribution >= 0.6 is 15.9 Å². The molecule has 0 bridgehead atoms. The van der Waals surface area contributed by atoms with Crippen LogP contribution in [0.25, 0.3) is 0 Å². The summed E-state index contributed by atoms with van der Waals surface area (Å²) in [7, 11) is 1.73. The third-order valence-corrected chi connectivity index (χ3v) is 1.21. The van der Waals surface area contributed by atoms with Gasteiger partial charge in [-0.25, -0.2) is 0 Å². The summed E-state index contributed by atoms with van der Waals surface area (Å²) < 4.78 is 6.58. The van der Waals surface area contributed by atoms with Gasteiger partial charge in [-0.1, -0.05) is 21.0 Å². The van der Waals surface area contributed by atoms with Gasteiger partial charge in [-0.15, -0.1) is 0 Å². The van der Waals surface area contributed by atoms with Crippen molar-refractivity contribution in [2.24, 2.45) is 7.05 Å². The molecular formula is C4H7BrN4O. The Hall–Kier alpha value is -0.650. The van der Waals surface area contributed by atoms with Crippen LogP contribution in [0.2, 0.25) is 0 Å². The Morgan fingerprint density at radius 2 is 2.50 bits per heavy atom. The first-order chi connectivity index (χ1) is 4.84. The Bertz CT molecular complexity index is 201. The van der Waals surface area contributed by atoms with Crippen molar-refractivity contribution in [3.05, 3.63) is 0 Å². The third-order valence-electron chi connectivity index (χ3n) is 0.890. The molecule has 1 aromatic rings. The van der Waals surface area contributed by atoms with E-state index < -0.39 is 0 Å². The molecule has 0 saturated carbocycles. The van der Waals surface area contributed by atoms with E-state index in [-0.39, 0.29) is 0 Å². The molecular weight excluding hydrogens is 200 g/mol. The van der Waals surface area contributed by atoms with Gasteiger partial charge in [0.1, 0.15) is 6.61 Å². The maximum absolute atomic E-state index is 5.11. The first kappa shape index (κ1) is 7.46. The molecule has 0 spiro atoms. The predicted octanol–water partition coefficient (Wildman–Crippen LogP) is -0.0162. The van der Waals surface area contributed by atoms with Gasteiger partial charge in [-0.2, -0.15) is 4.68 Å². The molecule has 0 aliphatic carbocycles. The summed E-state index contributed by atoms with van der Waals surface area (Å²) in [4.78, 5) is 0. The van der Waals surface area contributed by atoms with Gasteiger partial charge in [0.25, 0.3) is 0 Å². The van der Waals surface area contributed by atoms with Crippen molar-refractivity contribution in [1.82, 2.24) is 20.2 Å². The molecule has 1 heterocycles. The Kier molecular flexibility index (Phi) is 2.61. The van der Waals surface area contributed by atoms with E-state index in [0.29, 0.717) is 12.6 Å². The first-order valence-electron chi connectivity index (χ1n) is 2.75. The number of hydrogen-bond donors (Lipinski definition) is 0. The fourth-order valence-electron chi connectivity index (χ4n) is 0.473. The van der Waals surface area contributed by atoms with Crippen LogP contribution in [0.15, 0.2) is 0 Å². The van der Waals surface area contributed by atoms with Crippen molar-refractivity contribution in [2.75, 3.05) is 11.9 Å². The molecule has 0 aliphatic rings. The number of halogens is 1. The average Bonchev–Trinajstić information content (AvgIpc) is 2.31. The molecule has 1 rings (SSSR count). The van der Waals surface area contributed by atoms with E-state index in [4.69, 9.17) is 4.74 Å². The number of aromatic nitrogens is 4. The molecule has 0 aliphatic heterocycles. The second-order valence-electron chi connectivity index (χ2n) is 1.62. The quantitative estimate of drug-likeness (QED) is 0.653. The predicted molar refractivity (Wildman–Crippen MR) is 38.1 cm³/mol. The zero-order chi connectivity index (χ0) is 7.40. The summed E-state index contributed by atoms with van der Waals surface area (Å²) in [5.41, 5.74) is 0. The van der Waals surface area contributed by atoms with Gasteiger partial charge >= 0.3 is 6.01 Å². The first-order valence-corrected chi connectivity index (χ1v) is 3.88. The van der Waals surface area contributed by atoms with E-state index in [1.54, 1.807) is 7.05 Å². The second kappa shape index (κ2) is 3.50. The smallest absolute Gasteiger partial charge is 0.335 e. The van der Waals surface area contributed by atoms with Gasteiger partial charge in [0.15, 0.2) is 0 Å². The van der Waals surface area contributed by atoms with E-state index in [1.165, 1.54) is 4.68 Å². The van der Waals surface area contributed by atoms with Gasteiger partial charge in [0.05, 0.1) is 0 Å². The van der Waals surface area contributed by atoms with Crippen LogP contribution in [0, 0.1) is 0 Å². The van der Waals surface area contributed by atoms with Crippen molar-refractivity contribution in [3.63, 3.8) is 0 Å². The minimum absolute atomic E-state index is 0.444. The summed E-state index contributed by atoms with van der Waals surface area (Å²) in [6.45, 7) is 0.578. The van der Waals surface area contributed by atoms with Crippen LogP contribution in [0.3, 0.4) is 0 Å². The molecule has 0 fully saturated rings. The summed E-state index contributed by atoms with van der Waals surface area (Å²) in [6, 6.07) is 0.444. The van der Waals surface area contributed by atoms with Gasteiger partial charge in [-0.3, -0.25) is 0 Å². The van der Waals surface area contributed by atoms with Crippen LogP contribution in [0.4, 0.5) is 0 Å². The molecule has 0 amide bonds. The summed E-state index contributed by atoms with van der Waals surface area (Å²) >= 11 is 3.22. The lowest BCUT2D eigenvalue weighted by atomic mass is 10.9. The van der Waals surface area contributed by atoms with E-state index in [2.05, 4.69) is 31.5 Å². The van der Waals surface area contributed by atoms with Crippen molar-refractivity contribution in [2.45, 2.75) is 0 Å². The Labute approximate surface area is 66.5 Å². The average molecular weight is 207 g/mol. The SMILES string of the molecule is Cn1nnnc1OCCBr. The molecule has 0 aromatic carbocycles. The number of alkyl halides is 1. The molecule has 0 N–H and O–H groups in total. The number of rotatable bonds is 3. The number of tetrazole rings is 1. The van der Waals surface area contributed by atoms with Crippen molar-refractivity contribution >= 4 is 15.9 Å². The van der Waals surface area contributed by atoms with Gasteiger partial charge < -0.3 is 4.74 Å². The van der Waals surface area contributed by atoms with Crippen molar-refractivity contribution in [1.29, 1.82) is 0 Å². The molecule has 10 heavy (non-hydrogen) atoms. The Morgan fingerprint density at radius 1 is 1.70 bits per heavy atom. The number of nitrogens with zero attached hydrogens (tertiary/aromatic N) is 4. The van der Waals surface area contributed by atoms with E-state index in [0.717, 1.165) is 5.33 Å². The van der Waals surface area contributed by atoms with Crippen LogP contribution in [-0.4, -0.2) is 32.1 Å². The van der Waals surface area contributed by atoms with E-state index in [9.17, 15) is 0 Å². The van der Waals surface area contributed by atoms with Gasteiger partial charge in [0.2, 0.25) is 0 Å². The zero-order valence-electron chi connectivity index (χ0n) is 5.49. The highest BCUT2D eigenvalue weighted by molar-refractivity contribution is 9.09. The number of ether oxygens (including phenoxy) is 1. The number of aryl methyl sites for hydroxylation is 1. The van der Waals surface area contributed by atoms with Crippen LogP contribution in [0.5, 0.6) is 6.01 Å². The van der Waals surface area contributed by atoms with Crippen LogP contribution < -0.4 is 4.74 Å². The minimum Gasteiger partial charge on any atom is -0.462 e.